The highest BCUT2D eigenvalue weighted by Gasteiger charge is 2.39. The molecule has 0 aromatic heterocycles. The molecule has 1 aliphatic rings. The molecule has 2 nitrogen and oxygen atoms in total. The van der Waals surface area contributed by atoms with E-state index < -0.39 is 10.8 Å². The number of hydrogen-bond acceptors (Lipinski definition) is 2. The third-order valence-corrected chi connectivity index (χ3v) is 6.43. The molecule has 106 valence electrons. The first-order valence-electron chi connectivity index (χ1n) is 6.49. The molecule has 1 aliphatic heterocycles. The topological polar surface area (TPSA) is 29.1 Å². The standard InChI is InChI=1S/C14H19Cl2NOS/c1-7(2)17-13-8(3)9(4)19(18)14-11(16)6-5-10(15)12(13)14/h5-9,13,17H,1-4H3. The Hall–Kier alpha value is -0.0900. The summed E-state index contributed by atoms with van der Waals surface area (Å²) < 4.78 is 12.6. The SMILES string of the molecule is CC(C)NC1c2c(Cl)ccc(Cl)c2S(=O)C(C)C1C. The maximum absolute atomic E-state index is 12.6. The van der Waals surface area contributed by atoms with Gasteiger partial charge in [0.25, 0.3) is 0 Å². The number of halogens is 2. The lowest BCUT2D eigenvalue weighted by Crippen LogP contribution is -2.41. The van der Waals surface area contributed by atoms with Crippen LogP contribution in [0.2, 0.25) is 10.0 Å². The van der Waals surface area contributed by atoms with Crippen LogP contribution in [0.3, 0.4) is 0 Å². The van der Waals surface area contributed by atoms with Gasteiger partial charge in [0.1, 0.15) is 0 Å². The third-order valence-electron chi connectivity index (χ3n) is 3.72. The van der Waals surface area contributed by atoms with Gasteiger partial charge in [0.2, 0.25) is 0 Å². The van der Waals surface area contributed by atoms with E-state index in [-0.39, 0.29) is 17.2 Å². The lowest BCUT2D eigenvalue weighted by atomic mass is 9.90. The predicted octanol–water partition coefficient (Wildman–Crippen LogP) is 4.18. The summed E-state index contributed by atoms with van der Waals surface area (Å²) in [6.07, 6.45) is 0. The maximum atomic E-state index is 12.6. The van der Waals surface area contributed by atoms with Gasteiger partial charge in [-0.15, -0.1) is 0 Å². The van der Waals surface area contributed by atoms with Crippen molar-refractivity contribution in [2.24, 2.45) is 5.92 Å². The van der Waals surface area contributed by atoms with E-state index in [1.54, 1.807) is 12.1 Å². The van der Waals surface area contributed by atoms with Crippen molar-refractivity contribution in [3.05, 3.63) is 27.7 Å². The van der Waals surface area contributed by atoms with E-state index in [0.717, 1.165) is 5.56 Å². The number of benzene rings is 1. The van der Waals surface area contributed by atoms with E-state index >= 15 is 0 Å². The Labute approximate surface area is 127 Å². The predicted molar refractivity (Wildman–Crippen MR) is 82.5 cm³/mol. The fraction of sp³-hybridized carbons (Fsp3) is 0.571. The van der Waals surface area contributed by atoms with Crippen LogP contribution >= 0.6 is 23.2 Å². The fourth-order valence-corrected chi connectivity index (χ4v) is 4.91. The van der Waals surface area contributed by atoms with Gasteiger partial charge in [-0.2, -0.15) is 0 Å². The molecule has 1 heterocycles. The molecular weight excluding hydrogens is 301 g/mol. The monoisotopic (exact) mass is 319 g/mol. The van der Waals surface area contributed by atoms with Gasteiger partial charge in [-0.1, -0.05) is 50.9 Å². The first kappa shape index (κ1) is 15.3. The summed E-state index contributed by atoms with van der Waals surface area (Å²) in [5.41, 5.74) is 0.909. The minimum Gasteiger partial charge on any atom is -0.307 e. The zero-order valence-electron chi connectivity index (χ0n) is 11.5. The molecule has 19 heavy (non-hydrogen) atoms. The van der Waals surface area contributed by atoms with Crippen LogP contribution in [-0.2, 0) is 10.8 Å². The molecule has 2 rings (SSSR count). The van der Waals surface area contributed by atoms with Crippen LogP contribution < -0.4 is 5.32 Å². The molecule has 0 bridgehead atoms. The van der Waals surface area contributed by atoms with E-state index in [1.807, 2.05) is 6.92 Å². The van der Waals surface area contributed by atoms with E-state index in [0.29, 0.717) is 21.0 Å². The number of nitrogens with one attached hydrogen (secondary N) is 1. The minimum absolute atomic E-state index is 0.0553. The summed E-state index contributed by atoms with van der Waals surface area (Å²) in [7, 11) is -1.10. The van der Waals surface area contributed by atoms with Crippen molar-refractivity contribution >= 4 is 34.0 Å². The van der Waals surface area contributed by atoms with Crippen molar-refractivity contribution in [3.8, 4) is 0 Å². The molecule has 0 radical (unpaired) electrons. The summed E-state index contributed by atoms with van der Waals surface area (Å²) in [5.74, 6) is 0.242. The van der Waals surface area contributed by atoms with Gasteiger partial charge in [0.05, 0.1) is 20.7 Å². The van der Waals surface area contributed by atoms with Gasteiger partial charge < -0.3 is 5.32 Å². The summed E-state index contributed by atoms with van der Waals surface area (Å²) in [6, 6.07) is 3.94. The molecule has 4 unspecified atom stereocenters. The van der Waals surface area contributed by atoms with Crippen molar-refractivity contribution in [3.63, 3.8) is 0 Å². The van der Waals surface area contributed by atoms with E-state index in [1.165, 1.54) is 0 Å². The van der Waals surface area contributed by atoms with Gasteiger partial charge in [0, 0.05) is 27.9 Å². The molecule has 0 amide bonds. The second-order valence-electron chi connectivity index (χ2n) is 5.43. The molecule has 0 saturated carbocycles. The van der Waals surface area contributed by atoms with Gasteiger partial charge in [0.15, 0.2) is 0 Å². The number of fused-ring (bicyclic) bond motifs is 1. The van der Waals surface area contributed by atoms with E-state index in [2.05, 4.69) is 26.1 Å². The quantitative estimate of drug-likeness (QED) is 0.886. The Morgan fingerprint density at radius 2 is 1.79 bits per heavy atom. The lowest BCUT2D eigenvalue weighted by Gasteiger charge is -2.38. The highest BCUT2D eigenvalue weighted by atomic mass is 35.5. The molecule has 1 aromatic carbocycles. The summed E-state index contributed by atoms with van der Waals surface area (Å²) in [6.45, 7) is 8.32. The first-order valence-corrected chi connectivity index (χ1v) is 8.46. The van der Waals surface area contributed by atoms with Crippen LogP contribution in [0, 0.1) is 5.92 Å². The van der Waals surface area contributed by atoms with Crippen LogP contribution in [0.1, 0.15) is 39.3 Å². The average Bonchev–Trinajstić information content (AvgIpc) is 2.34. The Kier molecular flexibility index (Phi) is 4.61. The van der Waals surface area contributed by atoms with Gasteiger partial charge in [-0.05, 0) is 18.1 Å². The zero-order chi connectivity index (χ0) is 14.3. The Morgan fingerprint density at radius 1 is 1.21 bits per heavy atom. The highest BCUT2D eigenvalue weighted by Crippen LogP contribution is 2.44. The molecule has 0 fully saturated rings. The Bertz CT molecular complexity index is 518. The van der Waals surface area contributed by atoms with Crippen molar-refractivity contribution in [2.45, 2.75) is 49.9 Å². The normalized spacial score (nSPS) is 30.5. The second-order valence-corrected chi connectivity index (χ2v) is 7.99. The van der Waals surface area contributed by atoms with Crippen molar-refractivity contribution < 1.29 is 4.21 Å². The van der Waals surface area contributed by atoms with Crippen LogP contribution in [-0.4, -0.2) is 15.5 Å². The molecule has 0 aliphatic carbocycles. The molecule has 0 spiro atoms. The summed E-state index contributed by atoms with van der Waals surface area (Å²) >= 11 is 12.6. The van der Waals surface area contributed by atoms with E-state index in [9.17, 15) is 4.21 Å². The zero-order valence-corrected chi connectivity index (χ0v) is 13.9. The average molecular weight is 320 g/mol. The van der Waals surface area contributed by atoms with Crippen LogP contribution in [0.25, 0.3) is 0 Å². The van der Waals surface area contributed by atoms with Gasteiger partial charge >= 0.3 is 0 Å². The summed E-state index contributed by atoms with van der Waals surface area (Å²) in [4.78, 5) is 0.706. The molecule has 4 atom stereocenters. The Morgan fingerprint density at radius 3 is 2.37 bits per heavy atom. The molecule has 1 aromatic rings. The molecule has 0 saturated heterocycles. The maximum Gasteiger partial charge on any atom is 0.0639 e. The molecule has 5 heteroatoms. The van der Waals surface area contributed by atoms with Crippen LogP contribution in [0.4, 0.5) is 0 Å². The second kappa shape index (κ2) is 5.72. The number of hydrogen-bond donors (Lipinski definition) is 1. The van der Waals surface area contributed by atoms with Gasteiger partial charge in [-0.3, -0.25) is 4.21 Å². The van der Waals surface area contributed by atoms with E-state index in [4.69, 9.17) is 23.2 Å². The first-order chi connectivity index (χ1) is 8.84. The van der Waals surface area contributed by atoms with Gasteiger partial charge in [-0.25, -0.2) is 0 Å². The lowest BCUT2D eigenvalue weighted by molar-refractivity contribution is 0.343. The van der Waals surface area contributed by atoms with Crippen molar-refractivity contribution in [2.75, 3.05) is 0 Å². The number of rotatable bonds is 2. The van der Waals surface area contributed by atoms with Crippen LogP contribution in [0.5, 0.6) is 0 Å². The summed E-state index contributed by atoms with van der Waals surface area (Å²) in [5, 5.41) is 4.78. The largest absolute Gasteiger partial charge is 0.307 e. The van der Waals surface area contributed by atoms with Crippen LogP contribution in [0.15, 0.2) is 17.0 Å². The molecular formula is C14H19Cl2NOS. The minimum atomic E-state index is -1.10. The highest BCUT2D eigenvalue weighted by molar-refractivity contribution is 7.86. The Balaban J connectivity index is 2.63. The smallest absolute Gasteiger partial charge is 0.0639 e. The van der Waals surface area contributed by atoms with Crippen molar-refractivity contribution in [1.29, 1.82) is 0 Å². The molecule has 1 N–H and O–H groups in total. The third kappa shape index (κ3) is 2.71. The van der Waals surface area contributed by atoms with Crippen molar-refractivity contribution in [1.82, 2.24) is 5.32 Å². The fourth-order valence-electron chi connectivity index (χ4n) is 2.55.